The van der Waals surface area contributed by atoms with Crippen molar-refractivity contribution in [3.05, 3.63) is 53.0 Å². The van der Waals surface area contributed by atoms with Gasteiger partial charge >= 0.3 is 0 Å². The second-order valence-corrected chi connectivity index (χ2v) is 8.11. The predicted octanol–water partition coefficient (Wildman–Crippen LogP) is 2.29. The van der Waals surface area contributed by atoms with E-state index in [1.807, 2.05) is 0 Å². The van der Waals surface area contributed by atoms with Crippen LogP contribution in [0.5, 0.6) is 5.75 Å². The minimum Gasteiger partial charge on any atom is -0.491 e. The van der Waals surface area contributed by atoms with Crippen LogP contribution in [0.1, 0.15) is 23.7 Å². The first-order valence-corrected chi connectivity index (χ1v) is 10.6. The van der Waals surface area contributed by atoms with Gasteiger partial charge in [-0.3, -0.25) is 9.48 Å². The maximum absolute atomic E-state index is 13.9. The number of hydrogen-bond acceptors (Lipinski definition) is 8. The van der Waals surface area contributed by atoms with Crippen molar-refractivity contribution < 1.29 is 23.4 Å². The molecule has 0 saturated carbocycles. The minimum absolute atomic E-state index is 0. The number of nitrogens with one attached hydrogen (secondary N) is 2. The third-order valence-electron chi connectivity index (χ3n) is 5.54. The lowest BCUT2D eigenvalue weighted by molar-refractivity contribution is -0.119. The molecular weight excluding hydrogens is 512 g/mol. The van der Waals surface area contributed by atoms with Crippen LogP contribution in [0.25, 0.3) is 0 Å². The highest BCUT2D eigenvalue weighted by Crippen LogP contribution is 2.33. The summed E-state index contributed by atoms with van der Waals surface area (Å²) in [6.07, 6.45) is 2.49. The van der Waals surface area contributed by atoms with Gasteiger partial charge in [-0.25, -0.2) is 13.8 Å². The molecule has 10 nitrogen and oxygen atoms in total. The summed E-state index contributed by atoms with van der Waals surface area (Å²) in [4.78, 5) is 22.9. The second kappa shape index (κ2) is 11.8. The lowest BCUT2D eigenvalue weighted by Gasteiger charge is -2.36. The van der Waals surface area contributed by atoms with Crippen LogP contribution in [0.4, 0.5) is 26.2 Å². The number of halogens is 2. The molecule has 1 amide bonds. The smallest absolute Gasteiger partial charge is 0.249 e. The molecule has 2 aromatic heterocycles. The van der Waals surface area contributed by atoms with E-state index in [-0.39, 0.29) is 39.4 Å². The molecule has 196 valence electrons. The molecule has 1 aliphatic heterocycles. The van der Waals surface area contributed by atoms with Crippen molar-refractivity contribution >= 4 is 50.4 Å². The Hall–Kier alpha value is -3.10. The molecule has 3 heterocycles. The third kappa shape index (κ3) is 5.82. The van der Waals surface area contributed by atoms with Crippen molar-refractivity contribution in [3.8, 4) is 5.75 Å². The van der Waals surface area contributed by atoms with Gasteiger partial charge in [0.1, 0.15) is 11.7 Å². The number of carbonyl (C=O) groups is 1. The molecule has 1 aliphatic rings. The van der Waals surface area contributed by atoms with Crippen molar-refractivity contribution in [1.82, 2.24) is 19.7 Å². The molecule has 0 spiro atoms. The lowest BCUT2D eigenvalue weighted by atomic mass is 10.1. The maximum atomic E-state index is 13.9. The summed E-state index contributed by atoms with van der Waals surface area (Å²) in [6, 6.07) is 1.66. The summed E-state index contributed by atoms with van der Waals surface area (Å²) >= 11 is 0. The number of nitrogens with zero attached hydrogens (tertiary/aromatic N) is 5. The van der Waals surface area contributed by atoms with E-state index in [0.29, 0.717) is 35.3 Å². The zero-order chi connectivity index (χ0) is 24.6. The number of amides is 1. The molecular formula is C22H29F2N7O3S2. The van der Waals surface area contributed by atoms with E-state index in [9.17, 15) is 18.7 Å². The molecule has 1 aromatic carbocycles. The normalized spacial score (nSPS) is 15.2. The molecule has 0 fully saturated rings. The predicted molar refractivity (Wildman–Crippen MR) is 142 cm³/mol. The van der Waals surface area contributed by atoms with Crippen LogP contribution >= 0.6 is 27.0 Å². The first-order chi connectivity index (χ1) is 16.2. The number of likely N-dealkylation sites (N-methyl/N-ethyl adjacent to an activating group) is 1. The molecule has 0 aliphatic carbocycles. The highest BCUT2D eigenvalue weighted by molar-refractivity contribution is 7.59. The van der Waals surface area contributed by atoms with Gasteiger partial charge in [0.2, 0.25) is 11.9 Å². The minimum atomic E-state index is -0.886. The molecule has 14 heteroatoms. The van der Waals surface area contributed by atoms with Crippen LogP contribution in [0.2, 0.25) is 0 Å². The molecule has 36 heavy (non-hydrogen) atoms. The summed E-state index contributed by atoms with van der Waals surface area (Å²) < 4.78 is 34.1. The van der Waals surface area contributed by atoms with Gasteiger partial charge in [0.25, 0.3) is 0 Å². The van der Waals surface area contributed by atoms with Crippen molar-refractivity contribution in [3.63, 3.8) is 0 Å². The number of carbonyl (C=O) groups excluding carboxylic acids is 1. The Morgan fingerprint density at radius 1 is 1.22 bits per heavy atom. The van der Waals surface area contributed by atoms with E-state index in [0.717, 1.165) is 5.56 Å². The van der Waals surface area contributed by atoms with Gasteiger partial charge in [0.05, 0.1) is 31.6 Å². The average Bonchev–Trinajstić information content (AvgIpc) is 3.20. The number of aromatic nitrogens is 4. The standard InChI is InChI=1S/C22H25F2N7O3.2H2S/c1-11-17-20(30(3)18(12(2)32)21(33)28-17)29-22(27-11)25-7-14-8-26-31(10-14)9-13-5-15(23)19(34-4)16(24)6-13;;/h5-6,8,10,12,18,32H,7,9H2,1-4H3,(H,28,33)(H,25,27,29);2*1H2/t12-,18-;;/m0../s1. The van der Waals surface area contributed by atoms with Gasteiger partial charge in [-0.2, -0.15) is 37.1 Å². The maximum Gasteiger partial charge on any atom is 0.249 e. The van der Waals surface area contributed by atoms with Crippen molar-refractivity contribution in [2.45, 2.75) is 39.1 Å². The Kier molecular flexibility index (Phi) is 9.51. The van der Waals surface area contributed by atoms with E-state index in [1.54, 1.807) is 42.9 Å². The van der Waals surface area contributed by atoms with Crippen LogP contribution < -0.4 is 20.3 Å². The largest absolute Gasteiger partial charge is 0.491 e. The first kappa shape index (κ1) is 29.1. The van der Waals surface area contributed by atoms with Gasteiger partial charge < -0.3 is 25.4 Å². The molecule has 4 rings (SSSR count). The monoisotopic (exact) mass is 541 g/mol. The fourth-order valence-electron chi connectivity index (χ4n) is 3.94. The number of methoxy groups -OCH3 is 1. The summed E-state index contributed by atoms with van der Waals surface area (Å²) in [5.74, 6) is -1.44. The summed E-state index contributed by atoms with van der Waals surface area (Å²) in [5, 5.41) is 20.1. The third-order valence-corrected chi connectivity index (χ3v) is 5.54. The Bertz CT molecular complexity index is 1220. The number of aryl methyl sites for hydroxylation is 1. The number of fused-ring (bicyclic) bond motifs is 1. The van der Waals surface area contributed by atoms with Crippen molar-refractivity contribution in [1.29, 1.82) is 0 Å². The number of rotatable bonds is 7. The molecule has 3 aromatic rings. The summed E-state index contributed by atoms with van der Waals surface area (Å²) in [7, 11) is 2.90. The van der Waals surface area contributed by atoms with Crippen LogP contribution in [-0.2, 0) is 17.9 Å². The lowest BCUT2D eigenvalue weighted by Crippen LogP contribution is -2.52. The fraction of sp³-hybridized carbons (Fsp3) is 0.364. The Balaban J connectivity index is 0.00000228. The fourth-order valence-corrected chi connectivity index (χ4v) is 3.94. The molecule has 0 radical (unpaired) electrons. The Morgan fingerprint density at radius 2 is 1.89 bits per heavy atom. The quantitative estimate of drug-likeness (QED) is 0.417. The molecule has 0 saturated heterocycles. The summed E-state index contributed by atoms with van der Waals surface area (Å²) in [6.45, 7) is 3.83. The van der Waals surface area contributed by atoms with Crippen LogP contribution in [0.15, 0.2) is 24.5 Å². The number of benzene rings is 1. The Morgan fingerprint density at radius 3 is 2.50 bits per heavy atom. The van der Waals surface area contributed by atoms with Crippen LogP contribution in [0.3, 0.4) is 0 Å². The zero-order valence-electron chi connectivity index (χ0n) is 20.1. The Labute approximate surface area is 221 Å². The van der Waals surface area contributed by atoms with Gasteiger partial charge in [-0.1, -0.05) is 0 Å². The highest BCUT2D eigenvalue weighted by atomic mass is 32.1. The van der Waals surface area contributed by atoms with Gasteiger partial charge in [0.15, 0.2) is 23.2 Å². The topological polar surface area (TPSA) is 117 Å². The van der Waals surface area contributed by atoms with Crippen molar-refractivity contribution in [2.75, 3.05) is 29.7 Å². The number of aliphatic hydroxyl groups is 1. The zero-order valence-corrected chi connectivity index (χ0v) is 22.1. The number of hydrogen-bond donors (Lipinski definition) is 3. The van der Waals surface area contributed by atoms with E-state index >= 15 is 0 Å². The van der Waals surface area contributed by atoms with E-state index in [1.165, 1.54) is 19.2 Å². The average molecular weight is 542 g/mol. The molecule has 3 N–H and O–H groups in total. The van der Waals surface area contributed by atoms with Gasteiger partial charge in [-0.05, 0) is 31.5 Å². The van der Waals surface area contributed by atoms with Crippen LogP contribution in [0, 0.1) is 18.6 Å². The van der Waals surface area contributed by atoms with E-state index < -0.39 is 29.5 Å². The van der Waals surface area contributed by atoms with E-state index in [2.05, 4.69) is 25.7 Å². The highest BCUT2D eigenvalue weighted by Gasteiger charge is 2.36. The molecule has 2 atom stereocenters. The van der Waals surface area contributed by atoms with Gasteiger partial charge in [-0.15, -0.1) is 0 Å². The molecule has 0 bridgehead atoms. The number of ether oxygens (including phenoxy) is 1. The van der Waals surface area contributed by atoms with E-state index in [4.69, 9.17) is 4.74 Å². The van der Waals surface area contributed by atoms with Gasteiger partial charge in [0, 0.05) is 25.4 Å². The summed E-state index contributed by atoms with van der Waals surface area (Å²) in [5.41, 5.74) is 2.29. The number of anilines is 3. The molecule has 0 unspecified atom stereocenters. The SMILES string of the molecule is COc1c(F)cc(Cn2cc(CNc3nc(C)c4c(n3)N(C)[C@@H]([C@H](C)O)C(=O)N4)cn2)cc1F.S.S. The van der Waals surface area contributed by atoms with Crippen LogP contribution in [-0.4, -0.2) is 57.1 Å². The first-order valence-electron chi connectivity index (χ1n) is 10.6. The van der Waals surface area contributed by atoms with Crippen molar-refractivity contribution in [2.24, 2.45) is 0 Å². The second-order valence-electron chi connectivity index (χ2n) is 8.11. The number of aliphatic hydroxyl groups excluding tert-OH is 1.